The van der Waals surface area contributed by atoms with E-state index < -0.39 is 17.6 Å². The van der Waals surface area contributed by atoms with Crippen molar-refractivity contribution < 1.29 is 13.9 Å². The van der Waals surface area contributed by atoms with Gasteiger partial charge in [0.25, 0.3) is 5.91 Å². The lowest BCUT2D eigenvalue weighted by atomic mass is 9.42. The Morgan fingerprint density at radius 3 is 2.96 bits per heavy atom. The number of thiocarbonyl (C=S) groups is 1. The van der Waals surface area contributed by atoms with Crippen LogP contribution in [0.2, 0.25) is 0 Å². The first kappa shape index (κ1) is 17.5. The summed E-state index contributed by atoms with van der Waals surface area (Å²) in [5.74, 6) is 0.847. The summed E-state index contributed by atoms with van der Waals surface area (Å²) in [6, 6.07) is 3.07. The van der Waals surface area contributed by atoms with Gasteiger partial charge in [-0.05, 0) is 36.8 Å². The molecule has 146 valence electrons. The number of anilines is 1. The van der Waals surface area contributed by atoms with Crippen LogP contribution in [-0.2, 0) is 6.54 Å². The SMILES string of the molecule is CN1C(=S)C(NC(=O)c2ncn(CC34CC(F)(C3)C4)n2)COc2cccnc21. The molecule has 4 aliphatic rings. The smallest absolute Gasteiger partial charge is 0.291 e. The number of ether oxygens (including phenoxy) is 1. The highest BCUT2D eigenvalue weighted by molar-refractivity contribution is 7.80. The third kappa shape index (κ3) is 2.74. The number of carbonyl (C=O) groups is 1. The van der Waals surface area contributed by atoms with Crippen molar-refractivity contribution in [2.45, 2.75) is 37.5 Å². The summed E-state index contributed by atoms with van der Waals surface area (Å²) in [4.78, 5) is 23.2. The van der Waals surface area contributed by atoms with Crippen molar-refractivity contribution in [1.82, 2.24) is 25.1 Å². The molecule has 0 radical (unpaired) electrons. The second kappa shape index (κ2) is 5.94. The summed E-state index contributed by atoms with van der Waals surface area (Å²) in [6.07, 6.45) is 4.92. The van der Waals surface area contributed by atoms with Gasteiger partial charge in [0.05, 0.1) is 0 Å². The van der Waals surface area contributed by atoms with E-state index in [0.717, 1.165) is 0 Å². The van der Waals surface area contributed by atoms with Gasteiger partial charge >= 0.3 is 0 Å². The molecule has 8 nitrogen and oxygen atoms in total. The monoisotopic (exact) mass is 402 g/mol. The van der Waals surface area contributed by atoms with Gasteiger partial charge in [0, 0.05) is 19.8 Å². The zero-order valence-electron chi connectivity index (χ0n) is 15.3. The molecular formula is C18H19FN6O2S. The van der Waals surface area contributed by atoms with Crippen LogP contribution < -0.4 is 15.0 Å². The molecular weight excluding hydrogens is 383 g/mol. The summed E-state index contributed by atoms with van der Waals surface area (Å²) in [5, 5.41) is 7.10. The number of likely N-dealkylation sites (N-methyl/N-ethyl adjacent to an activating group) is 1. The minimum atomic E-state index is -0.950. The third-order valence-electron chi connectivity index (χ3n) is 5.72. The summed E-state index contributed by atoms with van der Waals surface area (Å²) in [5.41, 5.74) is -0.956. The van der Waals surface area contributed by atoms with E-state index in [1.54, 1.807) is 35.0 Å². The zero-order chi connectivity index (χ0) is 19.5. The maximum absolute atomic E-state index is 13.7. The van der Waals surface area contributed by atoms with E-state index in [4.69, 9.17) is 17.0 Å². The summed E-state index contributed by atoms with van der Waals surface area (Å²) < 4.78 is 21.1. The normalized spacial score (nSPS) is 30.4. The van der Waals surface area contributed by atoms with Crippen molar-refractivity contribution in [1.29, 1.82) is 0 Å². The van der Waals surface area contributed by atoms with Crippen LogP contribution in [0.5, 0.6) is 5.75 Å². The lowest BCUT2D eigenvalue weighted by Crippen LogP contribution is -2.65. The number of pyridine rings is 1. The molecule has 0 spiro atoms. The first-order chi connectivity index (χ1) is 13.4. The van der Waals surface area contributed by atoms with E-state index in [9.17, 15) is 9.18 Å². The molecule has 1 N–H and O–H groups in total. The van der Waals surface area contributed by atoms with E-state index in [1.165, 1.54) is 6.33 Å². The lowest BCUT2D eigenvalue weighted by Gasteiger charge is -2.65. The highest BCUT2D eigenvalue weighted by atomic mass is 32.1. The Morgan fingerprint density at radius 2 is 2.21 bits per heavy atom. The number of aromatic nitrogens is 4. The zero-order valence-corrected chi connectivity index (χ0v) is 16.1. The minimum Gasteiger partial charge on any atom is -0.487 e. The molecule has 3 fully saturated rings. The van der Waals surface area contributed by atoms with E-state index in [2.05, 4.69) is 20.4 Å². The standard InChI is InChI=1S/C18H19FN6O2S/c1-24-14-12(3-2-4-20-14)27-5-11(16(24)28)22-15(26)13-21-10-25(23-13)9-17-6-18(19,7-17)8-17/h2-4,10-11H,5-9H2,1H3,(H,22,26). The Balaban J connectivity index is 1.25. The van der Waals surface area contributed by atoms with Gasteiger partial charge in [0.15, 0.2) is 11.6 Å². The molecule has 3 saturated carbocycles. The summed E-state index contributed by atoms with van der Waals surface area (Å²) >= 11 is 5.51. The molecule has 1 atom stereocenters. The van der Waals surface area contributed by atoms with E-state index in [1.807, 2.05) is 0 Å². The molecule has 3 heterocycles. The van der Waals surface area contributed by atoms with Gasteiger partial charge in [-0.2, -0.15) is 0 Å². The number of hydrogen-bond acceptors (Lipinski definition) is 6. The second-order valence-corrected chi connectivity index (χ2v) is 8.42. The number of amides is 1. The van der Waals surface area contributed by atoms with Crippen LogP contribution in [0.4, 0.5) is 10.2 Å². The predicted octanol–water partition coefficient (Wildman–Crippen LogP) is 1.52. The van der Waals surface area contributed by atoms with Crippen molar-refractivity contribution in [3.63, 3.8) is 0 Å². The topological polar surface area (TPSA) is 85.2 Å². The average molecular weight is 402 g/mol. The number of hydrogen-bond donors (Lipinski definition) is 1. The average Bonchev–Trinajstić information content (AvgIpc) is 3.06. The Hall–Kier alpha value is -2.62. The molecule has 2 aromatic rings. The minimum absolute atomic E-state index is 0.00558. The fourth-order valence-corrected chi connectivity index (χ4v) is 4.72. The van der Waals surface area contributed by atoms with Crippen molar-refractivity contribution in [3.8, 4) is 5.75 Å². The van der Waals surface area contributed by atoms with Gasteiger partial charge < -0.3 is 15.0 Å². The first-order valence-corrected chi connectivity index (χ1v) is 9.52. The van der Waals surface area contributed by atoms with Crippen molar-refractivity contribution in [3.05, 3.63) is 30.5 Å². The van der Waals surface area contributed by atoms with Gasteiger partial charge in [0.1, 0.15) is 29.6 Å². The highest BCUT2D eigenvalue weighted by Gasteiger charge is 2.69. The van der Waals surface area contributed by atoms with Crippen LogP contribution in [0, 0.1) is 5.41 Å². The Kier molecular flexibility index (Phi) is 3.71. The molecule has 1 amide bonds. The van der Waals surface area contributed by atoms with Crippen LogP contribution in [0.3, 0.4) is 0 Å². The van der Waals surface area contributed by atoms with Crippen molar-refractivity contribution in [2.75, 3.05) is 18.6 Å². The number of nitrogens with one attached hydrogen (secondary N) is 1. The number of carbonyl (C=O) groups excluding carboxylic acids is 1. The Bertz CT molecular complexity index is 959. The quantitative estimate of drug-likeness (QED) is 0.776. The second-order valence-electron chi connectivity index (χ2n) is 8.01. The molecule has 1 unspecified atom stereocenters. The molecule has 0 saturated heterocycles. The van der Waals surface area contributed by atoms with Gasteiger partial charge in [-0.25, -0.2) is 14.4 Å². The fraction of sp³-hybridized carbons (Fsp3) is 0.500. The van der Waals surface area contributed by atoms with Crippen LogP contribution in [0.1, 0.15) is 29.9 Å². The molecule has 0 aromatic carbocycles. The maximum Gasteiger partial charge on any atom is 0.291 e. The van der Waals surface area contributed by atoms with Crippen LogP contribution in [-0.4, -0.2) is 56.0 Å². The Morgan fingerprint density at radius 1 is 1.43 bits per heavy atom. The van der Waals surface area contributed by atoms with E-state index in [-0.39, 0.29) is 17.8 Å². The molecule has 28 heavy (non-hydrogen) atoms. The van der Waals surface area contributed by atoms with Gasteiger partial charge in [-0.3, -0.25) is 9.48 Å². The van der Waals surface area contributed by atoms with Crippen LogP contribution in [0.15, 0.2) is 24.7 Å². The third-order valence-corrected chi connectivity index (χ3v) is 6.28. The van der Waals surface area contributed by atoms with E-state index >= 15 is 0 Å². The van der Waals surface area contributed by atoms with Gasteiger partial charge in [-0.15, -0.1) is 5.10 Å². The number of rotatable bonds is 4. The summed E-state index contributed by atoms with van der Waals surface area (Å²) in [6.45, 7) is 0.781. The highest BCUT2D eigenvalue weighted by Crippen LogP contribution is 2.70. The fourth-order valence-electron chi connectivity index (χ4n) is 4.50. The number of halogens is 1. The van der Waals surface area contributed by atoms with Gasteiger partial charge in [-0.1, -0.05) is 12.2 Å². The molecule has 2 bridgehead atoms. The summed E-state index contributed by atoms with van der Waals surface area (Å²) in [7, 11) is 1.79. The van der Waals surface area contributed by atoms with Crippen LogP contribution >= 0.6 is 12.2 Å². The van der Waals surface area contributed by atoms with E-state index in [0.29, 0.717) is 42.4 Å². The maximum atomic E-state index is 13.7. The molecule has 1 aliphatic heterocycles. The predicted molar refractivity (Wildman–Crippen MR) is 102 cm³/mol. The molecule has 6 rings (SSSR count). The number of alkyl halides is 1. The van der Waals surface area contributed by atoms with Crippen molar-refractivity contribution in [2.24, 2.45) is 5.41 Å². The lowest BCUT2D eigenvalue weighted by molar-refractivity contribution is -0.221. The van der Waals surface area contributed by atoms with Crippen molar-refractivity contribution >= 4 is 28.9 Å². The molecule has 2 aromatic heterocycles. The number of fused-ring (bicyclic) bond motifs is 1. The Labute approximate surface area is 166 Å². The number of nitrogens with zero attached hydrogens (tertiary/aromatic N) is 5. The van der Waals surface area contributed by atoms with Crippen LogP contribution in [0.25, 0.3) is 0 Å². The first-order valence-electron chi connectivity index (χ1n) is 9.11. The van der Waals surface area contributed by atoms with Gasteiger partial charge in [0.2, 0.25) is 5.82 Å². The molecule has 3 aliphatic carbocycles. The largest absolute Gasteiger partial charge is 0.487 e. The molecule has 10 heteroatoms.